The van der Waals surface area contributed by atoms with Crippen molar-refractivity contribution in [2.24, 2.45) is 0 Å². The number of benzene rings is 2. The van der Waals surface area contributed by atoms with E-state index in [4.69, 9.17) is 4.74 Å². The molecule has 0 radical (unpaired) electrons. The van der Waals surface area contributed by atoms with Gasteiger partial charge in [-0.05, 0) is 48.9 Å². The monoisotopic (exact) mass is 461 g/mol. The van der Waals surface area contributed by atoms with E-state index in [0.717, 1.165) is 18.7 Å². The summed E-state index contributed by atoms with van der Waals surface area (Å²) in [4.78, 5) is 8.99. The van der Waals surface area contributed by atoms with Gasteiger partial charge in [0.15, 0.2) is 11.5 Å². The summed E-state index contributed by atoms with van der Waals surface area (Å²) in [5.41, 5.74) is 2.41. The molecule has 10 nitrogen and oxygen atoms in total. The van der Waals surface area contributed by atoms with Gasteiger partial charge in [0.2, 0.25) is 5.88 Å². The number of aromatic amines is 1. The number of nitrogens with one attached hydrogen (secondary N) is 3. The molecule has 1 aliphatic rings. The van der Waals surface area contributed by atoms with Gasteiger partial charge in [0.1, 0.15) is 22.5 Å². The number of anilines is 1. The highest BCUT2D eigenvalue weighted by atomic mass is 32.2. The number of nitriles is 1. The number of H-pyrrole nitrogens is 1. The van der Waals surface area contributed by atoms with Crippen LogP contribution in [-0.4, -0.2) is 47.8 Å². The summed E-state index contributed by atoms with van der Waals surface area (Å²) in [6.45, 7) is 3.27. The number of rotatable bonds is 6. The molecule has 0 saturated carbocycles. The normalized spacial score (nSPS) is 13.9. The highest BCUT2D eigenvalue weighted by Gasteiger charge is 2.22. The number of ether oxygens (including phenoxy) is 1. The van der Waals surface area contributed by atoms with E-state index in [1.807, 2.05) is 6.07 Å². The fraction of sp³-hybridized carbons (Fsp3) is 0.182. The first-order valence-corrected chi connectivity index (χ1v) is 11.6. The summed E-state index contributed by atoms with van der Waals surface area (Å²) < 4.78 is 34.2. The Bertz CT molecular complexity index is 1490. The Balaban J connectivity index is 1.43. The molecule has 2 aromatic carbocycles. The minimum Gasteiger partial charge on any atom is -0.471 e. The molecule has 3 N–H and O–H groups in total. The molecule has 0 spiro atoms. The lowest BCUT2D eigenvalue weighted by atomic mass is 10.2. The standard InChI is InChI=1S/C22H19N7O3S/c1-13-2-3-15(9-23)19(8-13)33(30,31)29-16-6-4-14(5-7-16)20-26-21-18(12-25-28-21)22(27-20)32-17-10-24-11-17/h2-8,12,17,24,29H,10-11H2,1H3,(H,25,26,27,28). The quantitative estimate of drug-likeness (QED) is 0.397. The second-order valence-electron chi connectivity index (χ2n) is 7.68. The van der Waals surface area contributed by atoms with E-state index in [0.29, 0.717) is 34.0 Å². The van der Waals surface area contributed by atoms with Crippen molar-refractivity contribution in [2.45, 2.75) is 17.9 Å². The highest BCUT2D eigenvalue weighted by molar-refractivity contribution is 7.92. The molecule has 0 unspecified atom stereocenters. The molecule has 11 heteroatoms. The molecule has 1 fully saturated rings. The molecule has 5 rings (SSSR count). The third-order valence-corrected chi connectivity index (χ3v) is 6.66. The van der Waals surface area contributed by atoms with E-state index >= 15 is 0 Å². The summed E-state index contributed by atoms with van der Waals surface area (Å²) in [5.74, 6) is 0.873. The summed E-state index contributed by atoms with van der Waals surface area (Å²) >= 11 is 0. The van der Waals surface area contributed by atoms with Crippen LogP contribution in [0.15, 0.2) is 53.6 Å². The van der Waals surface area contributed by atoms with Gasteiger partial charge in [0.25, 0.3) is 10.0 Å². The van der Waals surface area contributed by atoms with E-state index in [-0.39, 0.29) is 16.6 Å². The lowest BCUT2D eigenvalue weighted by Gasteiger charge is -2.27. The number of aryl methyl sites for hydroxylation is 1. The Morgan fingerprint density at radius 3 is 2.64 bits per heavy atom. The molecular weight excluding hydrogens is 442 g/mol. The zero-order valence-corrected chi connectivity index (χ0v) is 18.3. The Kier molecular flexibility index (Phi) is 5.16. The van der Waals surface area contributed by atoms with Crippen LogP contribution < -0.4 is 14.8 Å². The summed E-state index contributed by atoms with van der Waals surface area (Å²) in [5, 5.41) is 20.0. The van der Waals surface area contributed by atoms with Crippen LogP contribution in [0, 0.1) is 18.3 Å². The van der Waals surface area contributed by atoms with Gasteiger partial charge < -0.3 is 10.1 Å². The smallest absolute Gasteiger partial charge is 0.263 e. The van der Waals surface area contributed by atoms with Gasteiger partial charge in [0.05, 0.1) is 11.8 Å². The number of fused-ring (bicyclic) bond motifs is 1. The summed E-state index contributed by atoms with van der Waals surface area (Å²) in [6, 6.07) is 13.3. The van der Waals surface area contributed by atoms with Gasteiger partial charge >= 0.3 is 0 Å². The first-order chi connectivity index (χ1) is 15.9. The lowest BCUT2D eigenvalue weighted by molar-refractivity contribution is 0.138. The van der Waals surface area contributed by atoms with Crippen LogP contribution in [0.25, 0.3) is 22.4 Å². The Morgan fingerprint density at radius 2 is 1.94 bits per heavy atom. The second-order valence-corrected chi connectivity index (χ2v) is 9.33. The minimum absolute atomic E-state index is 0.0440. The van der Waals surface area contributed by atoms with E-state index in [1.165, 1.54) is 12.1 Å². The van der Waals surface area contributed by atoms with Crippen molar-refractivity contribution in [3.63, 3.8) is 0 Å². The van der Waals surface area contributed by atoms with Gasteiger partial charge in [0, 0.05) is 24.3 Å². The molecule has 3 heterocycles. The average Bonchev–Trinajstić information content (AvgIpc) is 3.25. The van der Waals surface area contributed by atoms with E-state index < -0.39 is 10.0 Å². The van der Waals surface area contributed by atoms with Crippen LogP contribution in [0.2, 0.25) is 0 Å². The molecule has 0 atom stereocenters. The van der Waals surface area contributed by atoms with Crippen LogP contribution in [0.1, 0.15) is 11.1 Å². The zero-order valence-electron chi connectivity index (χ0n) is 17.5. The fourth-order valence-electron chi connectivity index (χ4n) is 3.37. The van der Waals surface area contributed by atoms with E-state index in [1.54, 1.807) is 43.5 Å². The summed E-state index contributed by atoms with van der Waals surface area (Å²) in [6.07, 6.45) is 1.67. The van der Waals surface area contributed by atoms with E-state index in [9.17, 15) is 13.7 Å². The molecule has 4 aromatic rings. The SMILES string of the molecule is Cc1ccc(C#N)c(S(=O)(=O)Nc2ccc(-c3nc(OC4CNC4)c4cn[nH]c4n3)cc2)c1. The molecule has 33 heavy (non-hydrogen) atoms. The molecule has 1 saturated heterocycles. The molecule has 1 aliphatic heterocycles. The fourth-order valence-corrected chi connectivity index (χ4v) is 4.67. The predicted molar refractivity (Wildman–Crippen MR) is 121 cm³/mol. The number of sulfonamides is 1. The van der Waals surface area contributed by atoms with Crippen molar-refractivity contribution in [1.29, 1.82) is 5.26 Å². The maximum atomic E-state index is 12.9. The largest absolute Gasteiger partial charge is 0.471 e. The zero-order chi connectivity index (χ0) is 23.0. The molecule has 0 amide bonds. The Hall–Kier alpha value is -4.01. The van der Waals surface area contributed by atoms with Crippen LogP contribution in [0.3, 0.4) is 0 Å². The molecule has 2 aromatic heterocycles. The molecular formula is C22H19N7O3S. The number of hydrogen-bond donors (Lipinski definition) is 3. The van der Waals surface area contributed by atoms with Crippen LogP contribution in [-0.2, 0) is 10.0 Å². The summed E-state index contributed by atoms with van der Waals surface area (Å²) in [7, 11) is -3.94. The first kappa shape index (κ1) is 20.9. The maximum Gasteiger partial charge on any atom is 0.263 e. The van der Waals surface area contributed by atoms with Crippen molar-refractivity contribution in [3.8, 4) is 23.3 Å². The van der Waals surface area contributed by atoms with Crippen molar-refractivity contribution < 1.29 is 13.2 Å². The van der Waals surface area contributed by atoms with Crippen molar-refractivity contribution >= 4 is 26.7 Å². The first-order valence-electron chi connectivity index (χ1n) is 10.2. The topological polar surface area (TPSA) is 146 Å². The third-order valence-electron chi connectivity index (χ3n) is 5.24. The van der Waals surface area contributed by atoms with Gasteiger partial charge in [-0.3, -0.25) is 9.82 Å². The number of aromatic nitrogens is 4. The minimum atomic E-state index is -3.94. The molecule has 0 bridgehead atoms. The highest BCUT2D eigenvalue weighted by Crippen LogP contribution is 2.28. The third kappa shape index (κ3) is 4.09. The lowest BCUT2D eigenvalue weighted by Crippen LogP contribution is -2.50. The Labute approximate surface area is 189 Å². The molecule has 166 valence electrons. The van der Waals surface area contributed by atoms with Crippen molar-refractivity contribution in [3.05, 3.63) is 59.8 Å². The maximum absolute atomic E-state index is 12.9. The van der Waals surface area contributed by atoms with Gasteiger partial charge in [-0.2, -0.15) is 15.3 Å². The van der Waals surface area contributed by atoms with Crippen LogP contribution >= 0.6 is 0 Å². The molecule has 0 aliphatic carbocycles. The number of hydrogen-bond acceptors (Lipinski definition) is 8. The van der Waals surface area contributed by atoms with Gasteiger partial charge in [-0.1, -0.05) is 6.07 Å². The van der Waals surface area contributed by atoms with Crippen molar-refractivity contribution in [2.75, 3.05) is 17.8 Å². The average molecular weight is 462 g/mol. The number of nitrogens with zero attached hydrogens (tertiary/aromatic N) is 4. The second kappa shape index (κ2) is 8.16. The predicted octanol–water partition coefficient (Wildman–Crippen LogP) is 2.35. The van der Waals surface area contributed by atoms with Crippen molar-refractivity contribution in [1.82, 2.24) is 25.5 Å². The van der Waals surface area contributed by atoms with E-state index in [2.05, 4.69) is 30.2 Å². The van der Waals surface area contributed by atoms with Crippen LogP contribution in [0.5, 0.6) is 5.88 Å². The van der Waals surface area contributed by atoms with Gasteiger partial charge in [-0.25, -0.2) is 13.4 Å². The Morgan fingerprint density at radius 1 is 1.15 bits per heavy atom. The van der Waals surface area contributed by atoms with Crippen LogP contribution in [0.4, 0.5) is 5.69 Å². The van der Waals surface area contributed by atoms with Gasteiger partial charge in [-0.15, -0.1) is 0 Å².